The van der Waals surface area contributed by atoms with Crippen molar-refractivity contribution in [3.63, 3.8) is 0 Å². The van der Waals surface area contributed by atoms with Crippen LogP contribution in [-0.2, 0) is 4.74 Å². The maximum atomic E-state index is 12.2. The molecule has 1 aromatic carbocycles. The van der Waals surface area contributed by atoms with Gasteiger partial charge in [0.15, 0.2) is 0 Å². The average molecular weight is 299 g/mol. The quantitative estimate of drug-likeness (QED) is 0.752. The zero-order valence-corrected chi connectivity index (χ0v) is 12.0. The number of thiophene rings is 1. The van der Waals surface area contributed by atoms with Crippen LogP contribution in [0.25, 0.3) is 21.5 Å². The van der Waals surface area contributed by atoms with Crippen molar-refractivity contribution in [1.29, 1.82) is 0 Å². The summed E-state index contributed by atoms with van der Waals surface area (Å²) in [6, 6.07) is 13.1. The number of aliphatic hydroxyl groups excluding tert-OH is 1. The Morgan fingerprint density at radius 1 is 1.24 bits per heavy atom. The summed E-state index contributed by atoms with van der Waals surface area (Å²) in [7, 11) is 0. The molecule has 106 valence electrons. The summed E-state index contributed by atoms with van der Waals surface area (Å²) < 4.78 is 5.04. The van der Waals surface area contributed by atoms with Crippen LogP contribution in [0.5, 0.6) is 0 Å². The molecule has 4 nitrogen and oxygen atoms in total. The van der Waals surface area contributed by atoms with E-state index in [4.69, 9.17) is 9.84 Å². The molecule has 0 amide bonds. The molecule has 0 bridgehead atoms. The molecule has 2 aromatic heterocycles. The van der Waals surface area contributed by atoms with E-state index in [0.29, 0.717) is 5.56 Å². The van der Waals surface area contributed by atoms with Crippen LogP contribution in [0.4, 0.5) is 0 Å². The largest absolute Gasteiger partial charge is 0.460 e. The van der Waals surface area contributed by atoms with Crippen LogP contribution in [0.1, 0.15) is 10.4 Å². The number of ether oxygens (including phenoxy) is 1. The Labute approximate surface area is 125 Å². The van der Waals surface area contributed by atoms with Gasteiger partial charge < -0.3 is 9.84 Å². The van der Waals surface area contributed by atoms with Gasteiger partial charge in [0.25, 0.3) is 0 Å². The van der Waals surface area contributed by atoms with Gasteiger partial charge in [0.2, 0.25) is 0 Å². The van der Waals surface area contributed by atoms with Crippen molar-refractivity contribution in [2.75, 3.05) is 13.2 Å². The van der Waals surface area contributed by atoms with Gasteiger partial charge in [0.05, 0.1) is 28.3 Å². The van der Waals surface area contributed by atoms with Crippen LogP contribution in [0.15, 0.2) is 47.8 Å². The predicted molar refractivity (Wildman–Crippen MR) is 82.4 cm³/mol. The molecule has 0 spiro atoms. The van der Waals surface area contributed by atoms with E-state index in [-0.39, 0.29) is 13.2 Å². The predicted octanol–water partition coefficient (Wildman–Crippen LogP) is 3.11. The molecular weight excluding hydrogens is 286 g/mol. The fourth-order valence-electron chi connectivity index (χ4n) is 2.11. The van der Waals surface area contributed by atoms with Gasteiger partial charge in [-0.15, -0.1) is 11.3 Å². The van der Waals surface area contributed by atoms with Crippen LogP contribution in [0, 0.1) is 0 Å². The summed E-state index contributed by atoms with van der Waals surface area (Å²) in [6.07, 6.45) is 0. The third-order valence-corrected chi connectivity index (χ3v) is 3.93. The second-order valence-corrected chi connectivity index (χ2v) is 5.36. The summed E-state index contributed by atoms with van der Waals surface area (Å²) in [5.74, 6) is -0.444. The summed E-state index contributed by atoms with van der Waals surface area (Å²) >= 11 is 1.57. The molecule has 0 fully saturated rings. The first-order valence-corrected chi connectivity index (χ1v) is 7.39. The Morgan fingerprint density at radius 3 is 2.86 bits per heavy atom. The highest BCUT2D eigenvalue weighted by molar-refractivity contribution is 7.13. The first-order chi connectivity index (χ1) is 10.3. The summed E-state index contributed by atoms with van der Waals surface area (Å²) in [5.41, 5.74) is 1.97. The van der Waals surface area contributed by atoms with Crippen LogP contribution in [-0.4, -0.2) is 29.3 Å². The zero-order valence-electron chi connectivity index (χ0n) is 11.2. The van der Waals surface area contributed by atoms with Gasteiger partial charge in [-0.2, -0.15) is 0 Å². The van der Waals surface area contributed by atoms with Crippen LogP contribution >= 0.6 is 11.3 Å². The lowest BCUT2D eigenvalue weighted by molar-refractivity contribution is 0.0436. The summed E-state index contributed by atoms with van der Waals surface area (Å²) in [6.45, 7) is -0.198. The molecule has 0 saturated carbocycles. The van der Waals surface area contributed by atoms with E-state index in [1.165, 1.54) is 0 Å². The van der Waals surface area contributed by atoms with Crippen molar-refractivity contribution in [1.82, 2.24) is 4.98 Å². The van der Waals surface area contributed by atoms with E-state index in [9.17, 15) is 4.79 Å². The molecule has 0 aliphatic heterocycles. The van der Waals surface area contributed by atoms with Gasteiger partial charge in [0, 0.05) is 5.39 Å². The molecule has 5 heteroatoms. The minimum atomic E-state index is -0.444. The Kier molecular flexibility index (Phi) is 3.94. The fourth-order valence-corrected chi connectivity index (χ4v) is 2.80. The molecule has 21 heavy (non-hydrogen) atoms. The van der Waals surface area contributed by atoms with Crippen LogP contribution in [0.2, 0.25) is 0 Å². The number of nitrogens with zero attached hydrogens (tertiary/aromatic N) is 1. The molecule has 0 unspecified atom stereocenters. The smallest absolute Gasteiger partial charge is 0.338 e. The van der Waals surface area contributed by atoms with E-state index >= 15 is 0 Å². The molecule has 0 aliphatic rings. The van der Waals surface area contributed by atoms with Gasteiger partial charge in [-0.25, -0.2) is 9.78 Å². The van der Waals surface area contributed by atoms with Crippen LogP contribution < -0.4 is 0 Å². The zero-order chi connectivity index (χ0) is 14.7. The molecule has 0 atom stereocenters. The molecule has 2 heterocycles. The lowest BCUT2D eigenvalue weighted by Gasteiger charge is -2.08. The van der Waals surface area contributed by atoms with Crippen molar-refractivity contribution in [3.8, 4) is 10.6 Å². The lowest BCUT2D eigenvalue weighted by atomic mass is 10.1. The number of pyridine rings is 1. The maximum absolute atomic E-state index is 12.2. The number of esters is 1. The topological polar surface area (TPSA) is 59.4 Å². The Balaban J connectivity index is 2.14. The first-order valence-electron chi connectivity index (χ1n) is 6.51. The molecule has 1 N–H and O–H groups in total. The van der Waals surface area contributed by atoms with E-state index in [1.54, 1.807) is 17.4 Å². The summed E-state index contributed by atoms with van der Waals surface area (Å²) in [5, 5.41) is 11.5. The number of hydrogen-bond donors (Lipinski definition) is 1. The monoisotopic (exact) mass is 299 g/mol. The van der Waals surface area contributed by atoms with Gasteiger partial charge in [0.1, 0.15) is 6.61 Å². The van der Waals surface area contributed by atoms with Crippen LogP contribution in [0.3, 0.4) is 0 Å². The number of aromatic nitrogens is 1. The first kappa shape index (κ1) is 13.7. The fraction of sp³-hybridized carbons (Fsp3) is 0.125. The van der Waals surface area contributed by atoms with E-state index in [0.717, 1.165) is 21.5 Å². The molecule has 0 aliphatic carbocycles. The van der Waals surface area contributed by atoms with Crippen molar-refractivity contribution in [2.45, 2.75) is 0 Å². The van der Waals surface area contributed by atoms with E-state index in [2.05, 4.69) is 4.98 Å². The third kappa shape index (κ3) is 2.79. The standard InChI is InChI=1S/C16H13NO3S/c18-7-8-20-16(19)12-10-14(15-6-3-9-21-15)17-13-5-2-1-4-11(12)13/h1-6,9-10,18H,7-8H2. The number of carbonyl (C=O) groups is 1. The number of fused-ring (bicyclic) bond motifs is 1. The number of para-hydroxylation sites is 1. The normalized spacial score (nSPS) is 10.7. The van der Waals surface area contributed by atoms with Gasteiger partial charge >= 0.3 is 5.97 Å². The average Bonchev–Trinajstić information content (AvgIpc) is 3.06. The van der Waals surface area contributed by atoms with Gasteiger partial charge in [-0.3, -0.25) is 0 Å². The Hall–Kier alpha value is -2.24. The van der Waals surface area contributed by atoms with E-state index in [1.807, 2.05) is 41.8 Å². The SMILES string of the molecule is O=C(OCCO)c1cc(-c2cccs2)nc2ccccc12. The Morgan fingerprint density at radius 2 is 2.10 bits per heavy atom. The highest BCUT2D eigenvalue weighted by Gasteiger charge is 2.15. The number of hydrogen-bond acceptors (Lipinski definition) is 5. The number of benzene rings is 1. The molecule has 0 saturated heterocycles. The van der Waals surface area contributed by atoms with Gasteiger partial charge in [-0.05, 0) is 23.6 Å². The van der Waals surface area contributed by atoms with Gasteiger partial charge in [-0.1, -0.05) is 24.3 Å². The molecule has 3 aromatic rings. The number of aliphatic hydroxyl groups is 1. The highest BCUT2D eigenvalue weighted by atomic mass is 32.1. The second kappa shape index (κ2) is 6.03. The Bertz CT molecular complexity index is 768. The second-order valence-electron chi connectivity index (χ2n) is 4.41. The maximum Gasteiger partial charge on any atom is 0.338 e. The van der Waals surface area contributed by atoms with Crippen molar-refractivity contribution in [2.24, 2.45) is 0 Å². The minimum Gasteiger partial charge on any atom is -0.460 e. The molecule has 0 radical (unpaired) electrons. The van der Waals surface area contributed by atoms with Crippen molar-refractivity contribution < 1.29 is 14.6 Å². The molecular formula is C16H13NO3S. The van der Waals surface area contributed by atoms with Crippen molar-refractivity contribution in [3.05, 3.63) is 53.4 Å². The minimum absolute atomic E-state index is 0.0101. The highest BCUT2D eigenvalue weighted by Crippen LogP contribution is 2.28. The number of carbonyl (C=O) groups excluding carboxylic acids is 1. The number of rotatable bonds is 4. The third-order valence-electron chi connectivity index (χ3n) is 3.03. The van der Waals surface area contributed by atoms with Crippen molar-refractivity contribution >= 4 is 28.2 Å². The summed E-state index contributed by atoms with van der Waals surface area (Å²) in [4.78, 5) is 17.8. The lowest BCUT2D eigenvalue weighted by Crippen LogP contribution is -2.10. The molecule has 3 rings (SSSR count). The van der Waals surface area contributed by atoms with E-state index < -0.39 is 5.97 Å².